The quantitative estimate of drug-likeness (QED) is 0.827. The van der Waals surface area contributed by atoms with Gasteiger partial charge in [0.15, 0.2) is 0 Å². The molecule has 0 aliphatic carbocycles. The molecule has 1 aliphatic heterocycles. The maximum Gasteiger partial charge on any atom is 0.228 e. The molecule has 4 heteroatoms. The summed E-state index contributed by atoms with van der Waals surface area (Å²) in [5.41, 5.74) is 3.69. The van der Waals surface area contributed by atoms with Crippen molar-refractivity contribution in [2.24, 2.45) is 0 Å². The van der Waals surface area contributed by atoms with E-state index in [0.717, 1.165) is 22.4 Å². The van der Waals surface area contributed by atoms with Crippen molar-refractivity contribution in [3.05, 3.63) is 64.2 Å². The van der Waals surface area contributed by atoms with Crippen LogP contribution in [0.15, 0.2) is 42.5 Å². The summed E-state index contributed by atoms with van der Waals surface area (Å²) in [5, 5.41) is 3.15. The normalized spacial score (nSPS) is 14.9. The predicted octanol–water partition coefficient (Wildman–Crippen LogP) is 4.16. The zero-order chi connectivity index (χ0) is 13.4. The minimum absolute atomic E-state index is 0.0241. The third kappa shape index (κ3) is 2.34. The van der Waals surface area contributed by atoms with Crippen LogP contribution in [0.25, 0.3) is 0 Å². The Hall–Kier alpha value is -1.51. The average Bonchev–Trinajstić information content (AvgIpc) is 2.77. The number of anilines is 1. The van der Waals surface area contributed by atoms with Crippen LogP contribution in [-0.4, -0.2) is 5.91 Å². The van der Waals surface area contributed by atoms with Gasteiger partial charge in [0.25, 0.3) is 0 Å². The fraction of sp³-hybridized carbons (Fsp3) is 0.133. The van der Waals surface area contributed by atoms with E-state index in [2.05, 4.69) is 5.32 Å². The Morgan fingerprint density at radius 3 is 2.74 bits per heavy atom. The Morgan fingerprint density at radius 1 is 1.16 bits per heavy atom. The Labute approximate surface area is 121 Å². The lowest BCUT2D eigenvalue weighted by Crippen LogP contribution is -2.03. The van der Waals surface area contributed by atoms with Crippen molar-refractivity contribution < 1.29 is 4.79 Å². The van der Waals surface area contributed by atoms with Crippen LogP contribution in [0, 0.1) is 0 Å². The lowest BCUT2D eigenvalue weighted by Gasteiger charge is -2.13. The molecule has 1 amide bonds. The number of alkyl halides is 1. The van der Waals surface area contributed by atoms with Crippen molar-refractivity contribution in [2.45, 2.75) is 11.8 Å². The van der Waals surface area contributed by atoms with Crippen molar-refractivity contribution in [3.8, 4) is 0 Å². The Morgan fingerprint density at radius 2 is 1.95 bits per heavy atom. The first kappa shape index (κ1) is 12.5. The van der Waals surface area contributed by atoms with Crippen LogP contribution in [0.4, 0.5) is 5.69 Å². The molecule has 0 saturated heterocycles. The number of carbonyl (C=O) groups is 1. The number of carbonyl (C=O) groups excluding carboxylic acids is 1. The molecular formula is C15H11Cl2NO. The number of hydrogen-bond donors (Lipinski definition) is 1. The molecular weight excluding hydrogens is 281 g/mol. The van der Waals surface area contributed by atoms with E-state index in [1.165, 1.54) is 0 Å². The van der Waals surface area contributed by atoms with Crippen LogP contribution in [-0.2, 0) is 11.2 Å². The zero-order valence-corrected chi connectivity index (χ0v) is 11.5. The van der Waals surface area contributed by atoms with Crippen molar-refractivity contribution in [1.82, 2.24) is 0 Å². The second-order valence-electron chi connectivity index (χ2n) is 4.53. The molecule has 0 aromatic heterocycles. The van der Waals surface area contributed by atoms with Gasteiger partial charge in [0.2, 0.25) is 5.91 Å². The highest BCUT2D eigenvalue weighted by atomic mass is 35.5. The van der Waals surface area contributed by atoms with Crippen molar-refractivity contribution in [3.63, 3.8) is 0 Å². The molecule has 2 aromatic rings. The van der Waals surface area contributed by atoms with Crippen LogP contribution in [0.5, 0.6) is 0 Å². The largest absolute Gasteiger partial charge is 0.326 e. The SMILES string of the molecule is O=C1Cc2cc(C(Cl)c3ccccc3Cl)ccc2N1. The molecule has 0 fully saturated rings. The maximum absolute atomic E-state index is 11.3. The first-order valence-electron chi connectivity index (χ1n) is 5.96. The lowest BCUT2D eigenvalue weighted by molar-refractivity contribution is -0.115. The highest BCUT2D eigenvalue weighted by molar-refractivity contribution is 6.33. The summed E-state index contributed by atoms with van der Waals surface area (Å²) in [4.78, 5) is 11.3. The fourth-order valence-corrected chi connectivity index (χ4v) is 2.89. The summed E-state index contributed by atoms with van der Waals surface area (Å²) in [7, 11) is 0. The molecule has 0 saturated carbocycles. The van der Waals surface area contributed by atoms with Crippen molar-refractivity contribution >= 4 is 34.8 Å². The second kappa shape index (κ2) is 4.87. The number of halogens is 2. The van der Waals surface area contributed by atoms with Gasteiger partial charge in [-0.05, 0) is 28.8 Å². The summed E-state index contributed by atoms with van der Waals surface area (Å²) in [5.74, 6) is 0.0241. The highest BCUT2D eigenvalue weighted by Crippen LogP contribution is 2.35. The number of amides is 1. The Kier molecular flexibility index (Phi) is 3.21. The molecule has 3 rings (SSSR count). The zero-order valence-electron chi connectivity index (χ0n) is 9.99. The third-order valence-electron chi connectivity index (χ3n) is 3.23. The topological polar surface area (TPSA) is 29.1 Å². The molecule has 0 radical (unpaired) electrons. The second-order valence-corrected chi connectivity index (χ2v) is 5.37. The van der Waals surface area contributed by atoms with E-state index in [1.807, 2.05) is 42.5 Å². The summed E-state index contributed by atoms with van der Waals surface area (Å²) >= 11 is 12.6. The molecule has 0 spiro atoms. The molecule has 1 unspecified atom stereocenters. The van der Waals surface area contributed by atoms with Gasteiger partial charge < -0.3 is 5.32 Å². The smallest absolute Gasteiger partial charge is 0.228 e. The van der Waals surface area contributed by atoms with Crippen LogP contribution in [0.3, 0.4) is 0 Å². The number of nitrogens with one attached hydrogen (secondary N) is 1. The Bertz CT molecular complexity index is 654. The number of fused-ring (bicyclic) bond motifs is 1. The number of hydrogen-bond acceptors (Lipinski definition) is 1. The predicted molar refractivity (Wildman–Crippen MR) is 77.9 cm³/mol. The van der Waals surface area contributed by atoms with Crippen LogP contribution in [0.2, 0.25) is 5.02 Å². The monoisotopic (exact) mass is 291 g/mol. The molecule has 2 aromatic carbocycles. The molecule has 1 atom stereocenters. The van der Waals surface area contributed by atoms with E-state index in [4.69, 9.17) is 23.2 Å². The summed E-state index contributed by atoms with van der Waals surface area (Å²) in [6.07, 6.45) is 0.412. The van der Waals surface area contributed by atoms with E-state index < -0.39 is 0 Å². The molecule has 0 bridgehead atoms. The molecule has 1 N–H and O–H groups in total. The van der Waals surface area contributed by atoms with Gasteiger partial charge in [-0.2, -0.15) is 0 Å². The molecule has 1 aliphatic rings. The van der Waals surface area contributed by atoms with E-state index in [-0.39, 0.29) is 11.3 Å². The van der Waals surface area contributed by atoms with E-state index >= 15 is 0 Å². The summed E-state index contributed by atoms with van der Waals surface area (Å²) in [6.45, 7) is 0. The van der Waals surface area contributed by atoms with Crippen LogP contribution < -0.4 is 5.32 Å². The van der Waals surface area contributed by atoms with Gasteiger partial charge in [-0.25, -0.2) is 0 Å². The standard InChI is InChI=1S/C15H11Cl2NO/c16-12-4-2-1-3-11(12)15(17)9-5-6-13-10(7-9)8-14(19)18-13/h1-7,15H,8H2,(H,18,19). The van der Waals surface area contributed by atoms with E-state index in [9.17, 15) is 4.79 Å². The van der Waals surface area contributed by atoms with Crippen LogP contribution in [0.1, 0.15) is 22.1 Å². The molecule has 1 heterocycles. The highest BCUT2D eigenvalue weighted by Gasteiger charge is 2.20. The van der Waals surface area contributed by atoms with Gasteiger partial charge in [0.05, 0.1) is 11.8 Å². The molecule has 96 valence electrons. The number of rotatable bonds is 2. The van der Waals surface area contributed by atoms with Gasteiger partial charge >= 0.3 is 0 Å². The van der Waals surface area contributed by atoms with E-state index in [0.29, 0.717) is 11.4 Å². The van der Waals surface area contributed by atoms with Crippen molar-refractivity contribution in [1.29, 1.82) is 0 Å². The summed E-state index contributed by atoms with van der Waals surface area (Å²) in [6, 6.07) is 13.3. The van der Waals surface area contributed by atoms with Gasteiger partial charge in [0.1, 0.15) is 0 Å². The molecule has 19 heavy (non-hydrogen) atoms. The van der Waals surface area contributed by atoms with Gasteiger partial charge in [-0.3, -0.25) is 4.79 Å². The molecule has 2 nitrogen and oxygen atoms in total. The van der Waals surface area contributed by atoms with E-state index in [1.54, 1.807) is 0 Å². The fourth-order valence-electron chi connectivity index (χ4n) is 2.27. The first-order valence-corrected chi connectivity index (χ1v) is 6.78. The summed E-state index contributed by atoms with van der Waals surface area (Å²) < 4.78 is 0. The van der Waals surface area contributed by atoms with Gasteiger partial charge in [-0.15, -0.1) is 11.6 Å². The first-order chi connectivity index (χ1) is 9.15. The van der Waals surface area contributed by atoms with Gasteiger partial charge in [-0.1, -0.05) is 41.9 Å². The van der Waals surface area contributed by atoms with Crippen LogP contribution >= 0.6 is 23.2 Å². The van der Waals surface area contributed by atoms with Crippen molar-refractivity contribution in [2.75, 3.05) is 5.32 Å². The third-order valence-corrected chi connectivity index (χ3v) is 4.06. The maximum atomic E-state index is 11.3. The average molecular weight is 292 g/mol. The minimum Gasteiger partial charge on any atom is -0.326 e. The van der Waals surface area contributed by atoms with Gasteiger partial charge in [0, 0.05) is 10.7 Å². The minimum atomic E-state index is -0.310. The Balaban J connectivity index is 1.97. The number of benzene rings is 2. The lowest BCUT2D eigenvalue weighted by atomic mass is 10.0.